The van der Waals surface area contributed by atoms with Crippen LogP contribution in [0.4, 0.5) is 0 Å². The fourth-order valence-electron chi connectivity index (χ4n) is 1.47. The van der Waals surface area contributed by atoms with Crippen molar-refractivity contribution in [1.82, 2.24) is 4.90 Å². The topological polar surface area (TPSA) is 40.5 Å². The number of carbonyl (C=O) groups excluding carboxylic acids is 1. The Balaban J connectivity index is 2.17. The van der Waals surface area contributed by atoms with Crippen molar-refractivity contribution in [2.24, 2.45) is 0 Å². The summed E-state index contributed by atoms with van der Waals surface area (Å²) in [6, 6.07) is 0. The van der Waals surface area contributed by atoms with E-state index in [1.54, 1.807) is 0 Å². The second-order valence-electron chi connectivity index (χ2n) is 3.05. The van der Waals surface area contributed by atoms with E-state index in [0.29, 0.717) is 6.42 Å². The number of hydrogen-bond donors (Lipinski definition) is 1. The number of hydrogen-bond acceptors (Lipinski definition) is 3. The molecule has 11 heavy (non-hydrogen) atoms. The number of likely N-dealkylation sites (tertiary alicyclic amines) is 1. The molecule has 0 amide bonds. The van der Waals surface area contributed by atoms with Crippen LogP contribution in [0.2, 0.25) is 0 Å². The molecule has 1 fully saturated rings. The van der Waals surface area contributed by atoms with Crippen LogP contribution < -0.4 is 0 Å². The Morgan fingerprint density at radius 3 is 3.09 bits per heavy atom. The molecule has 1 atom stereocenters. The molecule has 1 aliphatic rings. The van der Waals surface area contributed by atoms with Crippen molar-refractivity contribution in [3.8, 4) is 0 Å². The molecule has 0 bridgehead atoms. The van der Waals surface area contributed by atoms with Crippen molar-refractivity contribution in [2.75, 3.05) is 19.6 Å². The molecule has 1 saturated heterocycles. The molecular weight excluding hydrogens is 142 g/mol. The molecule has 1 rings (SSSR count). The van der Waals surface area contributed by atoms with Crippen LogP contribution in [-0.2, 0) is 4.79 Å². The molecule has 64 valence electrons. The van der Waals surface area contributed by atoms with Gasteiger partial charge >= 0.3 is 0 Å². The predicted octanol–water partition coefficient (Wildman–Crippen LogP) is 0.0321. The quantitative estimate of drug-likeness (QED) is 0.588. The van der Waals surface area contributed by atoms with Crippen molar-refractivity contribution in [2.45, 2.75) is 25.4 Å². The number of aldehydes is 1. The summed E-state index contributed by atoms with van der Waals surface area (Å²) < 4.78 is 0. The summed E-state index contributed by atoms with van der Waals surface area (Å²) >= 11 is 0. The Hall–Kier alpha value is -0.410. The van der Waals surface area contributed by atoms with Crippen LogP contribution in [-0.4, -0.2) is 42.0 Å². The average molecular weight is 157 g/mol. The zero-order valence-electron chi connectivity index (χ0n) is 6.70. The van der Waals surface area contributed by atoms with E-state index < -0.39 is 0 Å². The molecule has 0 aromatic rings. The number of carbonyl (C=O) groups is 1. The molecule has 0 aliphatic carbocycles. The summed E-state index contributed by atoms with van der Waals surface area (Å²) in [4.78, 5) is 12.2. The molecule has 1 aliphatic heterocycles. The lowest BCUT2D eigenvalue weighted by atomic mass is 10.1. The van der Waals surface area contributed by atoms with Gasteiger partial charge in [-0.25, -0.2) is 0 Å². The fourth-order valence-corrected chi connectivity index (χ4v) is 1.47. The molecule has 1 N–H and O–H groups in total. The van der Waals surface area contributed by atoms with Gasteiger partial charge in [0.05, 0.1) is 6.10 Å². The minimum Gasteiger partial charge on any atom is -0.392 e. The maximum atomic E-state index is 10.0. The Kier molecular flexibility index (Phi) is 3.52. The Labute approximate surface area is 67.0 Å². The van der Waals surface area contributed by atoms with E-state index in [1.807, 2.05) is 0 Å². The molecule has 3 heteroatoms. The highest BCUT2D eigenvalue weighted by molar-refractivity contribution is 5.49. The monoisotopic (exact) mass is 157 g/mol. The SMILES string of the molecule is O=CCCN1CCCC(O)C1. The van der Waals surface area contributed by atoms with Crippen molar-refractivity contribution in [1.29, 1.82) is 0 Å². The Morgan fingerprint density at radius 2 is 2.45 bits per heavy atom. The van der Waals surface area contributed by atoms with Gasteiger partial charge in [0, 0.05) is 19.5 Å². The number of aliphatic hydroxyl groups excluding tert-OH is 1. The van der Waals surface area contributed by atoms with Gasteiger partial charge in [-0.15, -0.1) is 0 Å². The van der Waals surface area contributed by atoms with E-state index in [0.717, 1.165) is 38.8 Å². The zero-order valence-corrected chi connectivity index (χ0v) is 6.70. The highest BCUT2D eigenvalue weighted by Gasteiger charge is 2.16. The molecule has 1 heterocycles. The smallest absolute Gasteiger partial charge is 0.121 e. The first-order chi connectivity index (χ1) is 5.33. The summed E-state index contributed by atoms with van der Waals surface area (Å²) in [5.41, 5.74) is 0. The second kappa shape index (κ2) is 4.46. The predicted molar refractivity (Wildman–Crippen MR) is 42.4 cm³/mol. The van der Waals surface area contributed by atoms with Crippen LogP contribution in [0.15, 0.2) is 0 Å². The van der Waals surface area contributed by atoms with Crippen LogP contribution in [0, 0.1) is 0 Å². The number of piperidine rings is 1. The minimum atomic E-state index is -0.171. The molecule has 0 aromatic heterocycles. The number of aliphatic hydroxyl groups is 1. The summed E-state index contributed by atoms with van der Waals surface area (Å²) in [7, 11) is 0. The van der Waals surface area contributed by atoms with Gasteiger partial charge in [-0.3, -0.25) is 0 Å². The van der Waals surface area contributed by atoms with Crippen molar-refractivity contribution >= 4 is 6.29 Å². The highest BCUT2D eigenvalue weighted by atomic mass is 16.3. The van der Waals surface area contributed by atoms with Gasteiger partial charge in [0.25, 0.3) is 0 Å². The molecule has 0 saturated carbocycles. The third-order valence-corrected chi connectivity index (χ3v) is 2.04. The lowest BCUT2D eigenvalue weighted by molar-refractivity contribution is -0.108. The highest BCUT2D eigenvalue weighted by Crippen LogP contribution is 2.09. The maximum absolute atomic E-state index is 10.0. The maximum Gasteiger partial charge on any atom is 0.121 e. The van der Waals surface area contributed by atoms with Crippen LogP contribution in [0.3, 0.4) is 0 Å². The first-order valence-electron chi connectivity index (χ1n) is 4.17. The summed E-state index contributed by atoms with van der Waals surface area (Å²) in [6.45, 7) is 2.58. The van der Waals surface area contributed by atoms with E-state index >= 15 is 0 Å². The van der Waals surface area contributed by atoms with Gasteiger partial charge in [-0.2, -0.15) is 0 Å². The fraction of sp³-hybridized carbons (Fsp3) is 0.875. The van der Waals surface area contributed by atoms with Crippen molar-refractivity contribution in [3.05, 3.63) is 0 Å². The van der Waals surface area contributed by atoms with Crippen LogP contribution >= 0.6 is 0 Å². The minimum absolute atomic E-state index is 0.171. The first kappa shape index (κ1) is 8.68. The van der Waals surface area contributed by atoms with E-state index in [1.165, 1.54) is 0 Å². The van der Waals surface area contributed by atoms with Gasteiger partial charge in [0.2, 0.25) is 0 Å². The second-order valence-corrected chi connectivity index (χ2v) is 3.05. The molecule has 1 unspecified atom stereocenters. The lowest BCUT2D eigenvalue weighted by Gasteiger charge is -2.29. The summed E-state index contributed by atoms with van der Waals surface area (Å²) in [6.07, 6.45) is 3.32. The molecular formula is C8H15NO2. The van der Waals surface area contributed by atoms with Crippen molar-refractivity contribution in [3.63, 3.8) is 0 Å². The van der Waals surface area contributed by atoms with Gasteiger partial charge in [-0.1, -0.05) is 0 Å². The van der Waals surface area contributed by atoms with E-state index in [4.69, 9.17) is 0 Å². The van der Waals surface area contributed by atoms with Crippen molar-refractivity contribution < 1.29 is 9.90 Å². The van der Waals surface area contributed by atoms with E-state index in [-0.39, 0.29) is 6.10 Å². The summed E-state index contributed by atoms with van der Waals surface area (Å²) in [5, 5.41) is 9.25. The van der Waals surface area contributed by atoms with Gasteiger partial charge < -0.3 is 14.8 Å². The molecule has 0 radical (unpaired) electrons. The van der Waals surface area contributed by atoms with Gasteiger partial charge in [-0.05, 0) is 19.4 Å². The number of nitrogens with zero attached hydrogens (tertiary/aromatic N) is 1. The van der Waals surface area contributed by atoms with Crippen LogP contribution in [0.1, 0.15) is 19.3 Å². The number of rotatable bonds is 3. The Morgan fingerprint density at radius 1 is 1.64 bits per heavy atom. The molecule has 3 nitrogen and oxygen atoms in total. The van der Waals surface area contributed by atoms with Crippen LogP contribution in [0.25, 0.3) is 0 Å². The van der Waals surface area contributed by atoms with E-state index in [9.17, 15) is 9.90 Å². The van der Waals surface area contributed by atoms with Gasteiger partial charge in [0.1, 0.15) is 6.29 Å². The van der Waals surface area contributed by atoms with Crippen LogP contribution in [0.5, 0.6) is 0 Å². The van der Waals surface area contributed by atoms with E-state index in [2.05, 4.69) is 4.90 Å². The number of β-amino-alcohol motifs (C(OH)–C–C–N with tert-alkyl or cyclic N) is 1. The summed E-state index contributed by atoms with van der Waals surface area (Å²) in [5.74, 6) is 0. The van der Waals surface area contributed by atoms with Gasteiger partial charge in [0.15, 0.2) is 0 Å². The largest absolute Gasteiger partial charge is 0.392 e. The first-order valence-corrected chi connectivity index (χ1v) is 4.17. The zero-order chi connectivity index (χ0) is 8.10. The molecule has 0 aromatic carbocycles. The third-order valence-electron chi connectivity index (χ3n) is 2.04. The molecule has 0 spiro atoms. The standard InChI is InChI=1S/C8H15NO2/c10-6-2-5-9-4-1-3-8(11)7-9/h6,8,11H,1-5,7H2. The third kappa shape index (κ3) is 2.99. The lowest BCUT2D eigenvalue weighted by Crippen LogP contribution is -2.38. The average Bonchev–Trinajstić information content (AvgIpc) is 2.01. The normalized spacial score (nSPS) is 26.8. The Bertz CT molecular complexity index is 127.